The first kappa shape index (κ1) is 13.2. The molecule has 1 N–H and O–H groups in total. The number of hydrogen-bond donors (Lipinski definition) is 1. The van der Waals surface area contributed by atoms with E-state index in [0.29, 0.717) is 18.0 Å². The summed E-state index contributed by atoms with van der Waals surface area (Å²) in [5.41, 5.74) is 0.403. The number of nitrogens with zero attached hydrogens (tertiary/aromatic N) is 1. The normalized spacial score (nSPS) is 11.9. The van der Waals surface area contributed by atoms with Gasteiger partial charge in [-0.25, -0.2) is 13.1 Å². The monoisotopic (exact) mass is 246 g/mol. The molecule has 0 aliphatic carbocycles. The van der Waals surface area contributed by atoms with Crippen LogP contribution in [-0.2, 0) is 10.0 Å². The second-order valence-corrected chi connectivity index (χ2v) is 5.46. The lowest BCUT2D eigenvalue weighted by atomic mass is 10.3. The highest BCUT2D eigenvalue weighted by molar-refractivity contribution is 7.89. The van der Waals surface area contributed by atoms with Gasteiger partial charge < -0.3 is 4.52 Å². The minimum absolute atomic E-state index is 0.170. The van der Waals surface area contributed by atoms with Crippen LogP contribution in [0.5, 0.6) is 0 Å². The molecule has 0 unspecified atom stereocenters. The fourth-order valence-electron chi connectivity index (χ4n) is 1.51. The standard InChI is InChI=1S/C10H18N2O3S/c1-4-5-6-7-11-16(13,14)10-8(2)12-15-9(10)3/h11H,4-7H2,1-3H3. The molecule has 1 aromatic rings. The Morgan fingerprint density at radius 1 is 1.31 bits per heavy atom. The number of aryl methyl sites for hydroxylation is 2. The van der Waals surface area contributed by atoms with Crippen LogP contribution in [0.15, 0.2) is 9.42 Å². The van der Waals surface area contributed by atoms with Crippen LogP contribution < -0.4 is 4.72 Å². The summed E-state index contributed by atoms with van der Waals surface area (Å²) in [6, 6.07) is 0. The van der Waals surface area contributed by atoms with Crippen LogP contribution in [-0.4, -0.2) is 20.1 Å². The van der Waals surface area contributed by atoms with Crippen molar-refractivity contribution < 1.29 is 12.9 Å². The maximum atomic E-state index is 11.9. The van der Waals surface area contributed by atoms with Gasteiger partial charge in [-0.3, -0.25) is 0 Å². The van der Waals surface area contributed by atoms with Crippen LogP contribution in [0.1, 0.15) is 37.6 Å². The fraction of sp³-hybridized carbons (Fsp3) is 0.700. The van der Waals surface area contributed by atoms with Crippen LogP contribution in [0.4, 0.5) is 0 Å². The number of sulfonamides is 1. The molecule has 5 nitrogen and oxygen atoms in total. The number of unbranched alkanes of at least 4 members (excludes halogenated alkanes) is 2. The third kappa shape index (κ3) is 3.05. The smallest absolute Gasteiger partial charge is 0.245 e. The van der Waals surface area contributed by atoms with Crippen molar-refractivity contribution >= 4 is 10.0 Å². The Morgan fingerprint density at radius 3 is 2.50 bits per heavy atom. The highest BCUT2D eigenvalue weighted by Crippen LogP contribution is 2.18. The van der Waals surface area contributed by atoms with E-state index in [1.54, 1.807) is 13.8 Å². The van der Waals surface area contributed by atoms with Crippen molar-refractivity contribution in [3.05, 3.63) is 11.5 Å². The Hall–Kier alpha value is -0.880. The lowest BCUT2D eigenvalue weighted by Crippen LogP contribution is -2.25. The molecule has 0 aliphatic heterocycles. The van der Waals surface area contributed by atoms with Gasteiger partial charge in [-0.1, -0.05) is 24.9 Å². The average Bonchev–Trinajstić information content (AvgIpc) is 2.54. The zero-order chi connectivity index (χ0) is 12.2. The van der Waals surface area contributed by atoms with E-state index in [1.807, 2.05) is 0 Å². The third-order valence-corrected chi connectivity index (χ3v) is 4.01. The van der Waals surface area contributed by atoms with Gasteiger partial charge in [-0.05, 0) is 20.3 Å². The fourth-order valence-corrected chi connectivity index (χ4v) is 2.91. The summed E-state index contributed by atoms with van der Waals surface area (Å²) in [6.45, 7) is 5.75. The Morgan fingerprint density at radius 2 is 2.00 bits per heavy atom. The van der Waals surface area contributed by atoms with E-state index in [2.05, 4.69) is 16.8 Å². The molecule has 1 heterocycles. The lowest BCUT2D eigenvalue weighted by molar-refractivity contribution is 0.390. The van der Waals surface area contributed by atoms with Crippen LogP contribution in [0.25, 0.3) is 0 Å². The second-order valence-electron chi connectivity index (χ2n) is 3.76. The molecule has 0 amide bonds. The highest BCUT2D eigenvalue weighted by atomic mass is 32.2. The van der Waals surface area contributed by atoms with Crippen LogP contribution in [0, 0.1) is 13.8 Å². The maximum absolute atomic E-state index is 11.9. The van der Waals surface area contributed by atoms with Gasteiger partial charge >= 0.3 is 0 Å². The Labute approximate surface area is 96.3 Å². The summed E-state index contributed by atoms with van der Waals surface area (Å²) in [7, 11) is -3.47. The van der Waals surface area contributed by atoms with Crippen molar-refractivity contribution in [2.45, 2.75) is 44.9 Å². The van der Waals surface area contributed by atoms with Crippen molar-refractivity contribution in [2.75, 3.05) is 6.54 Å². The number of aromatic nitrogens is 1. The molecule has 1 rings (SSSR count). The molecule has 0 radical (unpaired) electrons. The van der Waals surface area contributed by atoms with Gasteiger partial charge in [0.25, 0.3) is 0 Å². The molecule has 0 saturated carbocycles. The van der Waals surface area contributed by atoms with E-state index < -0.39 is 10.0 Å². The van der Waals surface area contributed by atoms with Crippen LogP contribution in [0.2, 0.25) is 0 Å². The van der Waals surface area contributed by atoms with Crippen molar-refractivity contribution in [3.63, 3.8) is 0 Å². The van der Waals surface area contributed by atoms with Gasteiger partial charge in [0.15, 0.2) is 5.76 Å². The van der Waals surface area contributed by atoms with E-state index in [4.69, 9.17) is 4.52 Å². The zero-order valence-electron chi connectivity index (χ0n) is 9.91. The summed E-state index contributed by atoms with van der Waals surface area (Å²) in [5, 5.41) is 3.63. The average molecular weight is 246 g/mol. The van der Waals surface area contributed by atoms with Gasteiger partial charge in [0.2, 0.25) is 10.0 Å². The molecule has 0 atom stereocenters. The summed E-state index contributed by atoms with van der Waals surface area (Å²) in [4.78, 5) is 0.170. The zero-order valence-corrected chi connectivity index (χ0v) is 10.7. The molecule has 16 heavy (non-hydrogen) atoms. The van der Waals surface area contributed by atoms with E-state index in [0.717, 1.165) is 19.3 Å². The van der Waals surface area contributed by atoms with Crippen molar-refractivity contribution in [1.82, 2.24) is 9.88 Å². The van der Waals surface area contributed by atoms with Gasteiger partial charge in [-0.15, -0.1) is 0 Å². The molecule has 0 aliphatic rings. The first-order valence-electron chi connectivity index (χ1n) is 5.41. The molecule has 6 heteroatoms. The van der Waals surface area contributed by atoms with E-state index in [9.17, 15) is 8.42 Å². The molecule has 1 aromatic heterocycles. The summed E-state index contributed by atoms with van der Waals surface area (Å²) in [5.74, 6) is 0.334. The summed E-state index contributed by atoms with van der Waals surface area (Å²) < 4.78 is 31.2. The SMILES string of the molecule is CCCCCNS(=O)(=O)c1c(C)noc1C. The molecular weight excluding hydrogens is 228 g/mol. The Kier molecular flexibility index (Phi) is 4.49. The minimum Gasteiger partial charge on any atom is -0.360 e. The van der Waals surface area contributed by atoms with E-state index in [-0.39, 0.29) is 4.90 Å². The first-order chi connectivity index (χ1) is 7.49. The molecule has 0 fully saturated rings. The number of nitrogens with one attached hydrogen (secondary N) is 1. The predicted molar refractivity (Wildman–Crippen MR) is 60.7 cm³/mol. The summed E-state index contributed by atoms with van der Waals surface area (Å²) in [6.07, 6.45) is 2.93. The number of rotatable bonds is 6. The molecule has 0 saturated heterocycles. The summed E-state index contributed by atoms with van der Waals surface area (Å²) >= 11 is 0. The van der Waals surface area contributed by atoms with Gasteiger partial charge in [0.05, 0.1) is 0 Å². The first-order valence-corrected chi connectivity index (χ1v) is 6.90. The maximum Gasteiger partial charge on any atom is 0.245 e. The van der Waals surface area contributed by atoms with Gasteiger partial charge in [0.1, 0.15) is 10.6 Å². The topological polar surface area (TPSA) is 72.2 Å². The number of hydrogen-bond acceptors (Lipinski definition) is 4. The Bertz CT molecular complexity index is 417. The van der Waals surface area contributed by atoms with Crippen molar-refractivity contribution in [2.24, 2.45) is 0 Å². The van der Waals surface area contributed by atoms with Crippen molar-refractivity contribution in [3.8, 4) is 0 Å². The molecular formula is C10H18N2O3S. The quantitative estimate of drug-likeness (QED) is 0.776. The van der Waals surface area contributed by atoms with Crippen LogP contribution >= 0.6 is 0 Å². The minimum atomic E-state index is -3.47. The van der Waals surface area contributed by atoms with Gasteiger partial charge in [-0.2, -0.15) is 0 Å². The van der Waals surface area contributed by atoms with Crippen molar-refractivity contribution in [1.29, 1.82) is 0 Å². The molecule has 0 spiro atoms. The largest absolute Gasteiger partial charge is 0.360 e. The van der Waals surface area contributed by atoms with E-state index in [1.165, 1.54) is 0 Å². The van der Waals surface area contributed by atoms with Gasteiger partial charge in [0, 0.05) is 6.54 Å². The molecule has 0 bridgehead atoms. The molecule has 0 aromatic carbocycles. The lowest BCUT2D eigenvalue weighted by Gasteiger charge is -2.05. The van der Waals surface area contributed by atoms with E-state index >= 15 is 0 Å². The predicted octanol–water partition coefficient (Wildman–Crippen LogP) is 1.76. The Balaban J connectivity index is 2.71. The molecule has 92 valence electrons. The third-order valence-electron chi connectivity index (χ3n) is 2.31. The van der Waals surface area contributed by atoms with Crippen LogP contribution in [0.3, 0.4) is 0 Å². The highest BCUT2D eigenvalue weighted by Gasteiger charge is 2.23. The second kappa shape index (κ2) is 5.45.